The van der Waals surface area contributed by atoms with Gasteiger partial charge in [0, 0.05) is 12.6 Å². The van der Waals surface area contributed by atoms with Gasteiger partial charge in [0.15, 0.2) is 5.69 Å². The van der Waals surface area contributed by atoms with Gasteiger partial charge in [-0.15, -0.1) is 12.4 Å². The molecule has 0 aliphatic carbocycles. The summed E-state index contributed by atoms with van der Waals surface area (Å²) in [6.07, 6.45) is 3.63. The molecule has 1 fully saturated rings. The average Bonchev–Trinajstić information content (AvgIpc) is 2.90. The van der Waals surface area contributed by atoms with E-state index in [1.165, 1.54) is 12.7 Å². The Balaban J connectivity index is 0.00000128. The van der Waals surface area contributed by atoms with Gasteiger partial charge in [0.1, 0.15) is 6.26 Å². The van der Waals surface area contributed by atoms with Crippen molar-refractivity contribution in [3.8, 4) is 0 Å². The normalized spacial score (nSPS) is 19.1. The van der Waals surface area contributed by atoms with Crippen molar-refractivity contribution in [1.29, 1.82) is 0 Å². The Bertz CT molecular complexity index is 310. The highest BCUT2D eigenvalue weighted by molar-refractivity contribution is 5.91. The predicted octanol–water partition coefficient (Wildman–Crippen LogP) is 0.826. The van der Waals surface area contributed by atoms with Crippen LogP contribution in [-0.4, -0.2) is 30.7 Å². The van der Waals surface area contributed by atoms with E-state index in [0.717, 1.165) is 19.5 Å². The number of carbonyl (C=O) groups excluding carboxylic acids is 1. The van der Waals surface area contributed by atoms with Crippen molar-refractivity contribution in [2.45, 2.75) is 12.8 Å². The van der Waals surface area contributed by atoms with Crippen LogP contribution >= 0.6 is 12.4 Å². The number of halogens is 1. The molecule has 1 amide bonds. The minimum absolute atomic E-state index is 0. The molecule has 2 rings (SSSR count). The standard InChI is InChI=1S/C10H15N3O2.ClH/c14-10(9-3-6-15-13-9)12-5-2-8-1-4-11-7-8;/h3,6,8,11H,1-2,4-5,7H2,(H,12,14);1H. The van der Waals surface area contributed by atoms with E-state index >= 15 is 0 Å². The first-order chi connectivity index (χ1) is 7.36. The van der Waals surface area contributed by atoms with Crippen LogP contribution in [0.3, 0.4) is 0 Å². The first-order valence-electron chi connectivity index (χ1n) is 5.25. The van der Waals surface area contributed by atoms with E-state index in [9.17, 15) is 4.79 Å². The molecule has 2 heterocycles. The van der Waals surface area contributed by atoms with E-state index in [4.69, 9.17) is 0 Å². The highest BCUT2D eigenvalue weighted by atomic mass is 35.5. The van der Waals surface area contributed by atoms with Crippen molar-refractivity contribution in [2.75, 3.05) is 19.6 Å². The Labute approximate surface area is 100 Å². The number of hydrogen-bond acceptors (Lipinski definition) is 4. The van der Waals surface area contributed by atoms with Crippen LogP contribution in [0.25, 0.3) is 0 Å². The summed E-state index contributed by atoms with van der Waals surface area (Å²) in [4.78, 5) is 11.4. The largest absolute Gasteiger partial charge is 0.364 e. The summed E-state index contributed by atoms with van der Waals surface area (Å²) in [6, 6.07) is 1.56. The quantitative estimate of drug-likeness (QED) is 0.825. The van der Waals surface area contributed by atoms with Gasteiger partial charge in [-0.1, -0.05) is 5.16 Å². The van der Waals surface area contributed by atoms with Crippen LogP contribution in [0.2, 0.25) is 0 Å². The minimum atomic E-state index is -0.158. The van der Waals surface area contributed by atoms with Gasteiger partial charge in [0.05, 0.1) is 0 Å². The number of aromatic nitrogens is 1. The molecular weight excluding hydrogens is 230 g/mol. The van der Waals surface area contributed by atoms with Crippen LogP contribution < -0.4 is 10.6 Å². The van der Waals surface area contributed by atoms with Crippen LogP contribution in [-0.2, 0) is 0 Å². The first-order valence-corrected chi connectivity index (χ1v) is 5.25. The molecule has 1 saturated heterocycles. The molecule has 2 N–H and O–H groups in total. The van der Waals surface area contributed by atoms with E-state index in [0.29, 0.717) is 18.2 Å². The summed E-state index contributed by atoms with van der Waals surface area (Å²) in [5.74, 6) is 0.539. The molecule has 1 aromatic rings. The lowest BCUT2D eigenvalue weighted by atomic mass is 10.1. The third kappa shape index (κ3) is 3.50. The molecule has 5 nitrogen and oxygen atoms in total. The predicted molar refractivity (Wildman–Crippen MR) is 61.7 cm³/mol. The smallest absolute Gasteiger partial charge is 0.273 e. The molecule has 90 valence electrons. The van der Waals surface area contributed by atoms with Crippen molar-refractivity contribution >= 4 is 18.3 Å². The Kier molecular flexibility index (Phi) is 5.28. The molecule has 1 aliphatic rings. The van der Waals surface area contributed by atoms with Crippen LogP contribution in [0, 0.1) is 5.92 Å². The molecular formula is C10H16ClN3O2. The Morgan fingerprint density at radius 1 is 1.69 bits per heavy atom. The number of nitrogens with zero attached hydrogens (tertiary/aromatic N) is 1. The number of rotatable bonds is 4. The zero-order valence-electron chi connectivity index (χ0n) is 8.94. The van der Waals surface area contributed by atoms with E-state index in [1.54, 1.807) is 6.07 Å². The van der Waals surface area contributed by atoms with Gasteiger partial charge in [-0.2, -0.15) is 0 Å². The van der Waals surface area contributed by atoms with E-state index in [1.807, 2.05) is 0 Å². The lowest BCUT2D eigenvalue weighted by molar-refractivity contribution is 0.0942. The van der Waals surface area contributed by atoms with Crippen LogP contribution in [0.15, 0.2) is 16.9 Å². The fourth-order valence-electron chi connectivity index (χ4n) is 1.77. The van der Waals surface area contributed by atoms with Crippen molar-refractivity contribution in [2.24, 2.45) is 5.92 Å². The summed E-state index contributed by atoms with van der Waals surface area (Å²) in [5.41, 5.74) is 0.347. The van der Waals surface area contributed by atoms with Crippen molar-refractivity contribution in [3.05, 3.63) is 18.0 Å². The summed E-state index contributed by atoms with van der Waals surface area (Å²) in [5, 5.41) is 9.69. The molecule has 1 aromatic heterocycles. The first kappa shape index (κ1) is 13.0. The fourth-order valence-corrected chi connectivity index (χ4v) is 1.77. The third-order valence-electron chi connectivity index (χ3n) is 2.67. The zero-order chi connectivity index (χ0) is 10.5. The van der Waals surface area contributed by atoms with Gasteiger partial charge in [-0.25, -0.2) is 0 Å². The molecule has 1 atom stereocenters. The van der Waals surface area contributed by atoms with Gasteiger partial charge in [0.2, 0.25) is 0 Å². The molecule has 0 saturated carbocycles. The van der Waals surface area contributed by atoms with Gasteiger partial charge in [0.25, 0.3) is 5.91 Å². The van der Waals surface area contributed by atoms with Crippen LogP contribution in [0.5, 0.6) is 0 Å². The number of hydrogen-bond donors (Lipinski definition) is 2. The number of amides is 1. The average molecular weight is 246 g/mol. The Morgan fingerprint density at radius 3 is 3.19 bits per heavy atom. The molecule has 1 unspecified atom stereocenters. The maximum atomic E-state index is 11.4. The summed E-state index contributed by atoms with van der Waals surface area (Å²) in [7, 11) is 0. The molecule has 1 aliphatic heterocycles. The molecule has 0 aromatic carbocycles. The highest BCUT2D eigenvalue weighted by Gasteiger charge is 2.14. The van der Waals surface area contributed by atoms with Gasteiger partial charge in [-0.05, 0) is 31.8 Å². The lowest BCUT2D eigenvalue weighted by Crippen LogP contribution is -2.26. The second kappa shape index (κ2) is 6.50. The SMILES string of the molecule is Cl.O=C(NCCC1CCNC1)c1ccon1. The van der Waals surface area contributed by atoms with Crippen molar-refractivity contribution < 1.29 is 9.32 Å². The third-order valence-corrected chi connectivity index (χ3v) is 2.67. The summed E-state index contributed by atoms with van der Waals surface area (Å²) < 4.78 is 4.59. The second-order valence-corrected chi connectivity index (χ2v) is 3.79. The Morgan fingerprint density at radius 2 is 2.56 bits per heavy atom. The van der Waals surface area contributed by atoms with Crippen molar-refractivity contribution in [1.82, 2.24) is 15.8 Å². The molecule has 16 heavy (non-hydrogen) atoms. The van der Waals surface area contributed by atoms with Gasteiger partial charge < -0.3 is 15.2 Å². The molecule has 0 bridgehead atoms. The molecule has 6 heteroatoms. The molecule has 0 radical (unpaired) electrons. The van der Waals surface area contributed by atoms with Crippen LogP contribution in [0.1, 0.15) is 23.3 Å². The van der Waals surface area contributed by atoms with E-state index < -0.39 is 0 Å². The topological polar surface area (TPSA) is 67.2 Å². The van der Waals surface area contributed by atoms with E-state index in [2.05, 4.69) is 20.3 Å². The monoisotopic (exact) mass is 245 g/mol. The maximum Gasteiger partial charge on any atom is 0.273 e. The van der Waals surface area contributed by atoms with Crippen LogP contribution in [0.4, 0.5) is 0 Å². The van der Waals surface area contributed by atoms with Gasteiger partial charge >= 0.3 is 0 Å². The second-order valence-electron chi connectivity index (χ2n) is 3.79. The number of nitrogens with one attached hydrogen (secondary N) is 2. The maximum absolute atomic E-state index is 11.4. The minimum Gasteiger partial charge on any atom is -0.364 e. The zero-order valence-corrected chi connectivity index (χ0v) is 9.76. The van der Waals surface area contributed by atoms with Crippen molar-refractivity contribution in [3.63, 3.8) is 0 Å². The fraction of sp³-hybridized carbons (Fsp3) is 0.600. The molecule has 0 spiro atoms. The summed E-state index contributed by atoms with van der Waals surface area (Å²) >= 11 is 0. The Hall–Kier alpha value is -1.07. The highest BCUT2D eigenvalue weighted by Crippen LogP contribution is 2.10. The summed E-state index contributed by atoms with van der Waals surface area (Å²) in [6.45, 7) is 2.87. The lowest BCUT2D eigenvalue weighted by Gasteiger charge is -2.07. The van der Waals surface area contributed by atoms with E-state index in [-0.39, 0.29) is 18.3 Å². The van der Waals surface area contributed by atoms with Gasteiger partial charge in [-0.3, -0.25) is 4.79 Å². The number of carbonyl (C=O) groups is 1.